The van der Waals surface area contributed by atoms with Gasteiger partial charge >= 0.3 is 0 Å². The summed E-state index contributed by atoms with van der Waals surface area (Å²) >= 11 is 0. The molecule has 3 rings (SSSR count). The summed E-state index contributed by atoms with van der Waals surface area (Å²) in [6, 6.07) is 15.2. The molecule has 1 N–H and O–H groups in total. The molecule has 0 fully saturated rings. The van der Waals surface area contributed by atoms with Gasteiger partial charge in [0.2, 0.25) is 0 Å². The lowest BCUT2D eigenvalue weighted by molar-refractivity contribution is 0.344. The number of fused-ring (bicyclic) bond motifs is 1. The van der Waals surface area contributed by atoms with Crippen LogP contribution in [-0.4, -0.2) is 24.0 Å². The lowest BCUT2D eigenvalue weighted by Crippen LogP contribution is -2.20. The van der Waals surface area contributed by atoms with E-state index in [1.807, 2.05) is 38.5 Å². The number of aromatic amines is 1. The second-order valence-electron chi connectivity index (χ2n) is 5.21. The maximum Gasteiger partial charge on any atom is 0.123 e. The minimum atomic E-state index is -0.205. The van der Waals surface area contributed by atoms with E-state index in [4.69, 9.17) is 0 Å². The van der Waals surface area contributed by atoms with E-state index in [0.717, 1.165) is 16.5 Å². The Hall–Kier alpha value is -2.13. The number of nitrogens with zero attached hydrogens (tertiary/aromatic N) is 1. The van der Waals surface area contributed by atoms with Crippen LogP contribution in [0.2, 0.25) is 0 Å². The number of rotatable bonds is 3. The molecule has 2 aromatic carbocycles. The van der Waals surface area contributed by atoms with E-state index in [0.29, 0.717) is 0 Å². The molecule has 3 heteroatoms. The van der Waals surface area contributed by atoms with Crippen molar-refractivity contribution in [1.82, 2.24) is 9.88 Å². The second-order valence-corrected chi connectivity index (χ2v) is 5.21. The fourth-order valence-corrected chi connectivity index (χ4v) is 2.73. The highest BCUT2D eigenvalue weighted by atomic mass is 19.1. The van der Waals surface area contributed by atoms with Crippen LogP contribution in [0.15, 0.2) is 54.7 Å². The summed E-state index contributed by atoms with van der Waals surface area (Å²) in [6.07, 6.45) is 1.97. The molecule has 1 atom stereocenters. The SMILES string of the molecule is CN(C)C(c1ccccc1)c1c[nH]c2ccc(F)cc12. The molecular weight excluding hydrogens is 251 g/mol. The Morgan fingerprint density at radius 1 is 1.05 bits per heavy atom. The molecule has 0 aliphatic rings. The van der Waals surface area contributed by atoms with Gasteiger partial charge in [0.25, 0.3) is 0 Å². The van der Waals surface area contributed by atoms with E-state index in [2.05, 4.69) is 22.0 Å². The molecule has 1 unspecified atom stereocenters. The molecule has 0 saturated heterocycles. The van der Waals surface area contributed by atoms with E-state index in [1.54, 1.807) is 12.1 Å². The fraction of sp³-hybridized carbons (Fsp3) is 0.176. The molecule has 102 valence electrons. The lowest BCUT2D eigenvalue weighted by Gasteiger charge is -2.24. The smallest absolute Gasteiger partial charge is 0.123 e. The quantitative estimate of drug-likeness (QED) is 0.762. The second kappa shape index (κ2) is 5.10. The number of hydrogen-bond acceptors (Lipinski definition) is 1. The molecule has 0 radical (unpaired) electrons. The lowest BCUT2D eigenvalue weighted by atomic mass is 9.97. The first kappa shape index (κ1) is 12.9. The van der Waals surface area contributed by atoms with Gasteiger partial charge in [-0.1, -0.05) is 30.3 Å². The summed E-state index contributed by atoms with van der Waals surface area (Å²) < 4.78 is 13.5. The predicted molar refractivity (Wildman–Crippen MR) is 80.2 cm³/mol. The average Bonchev–Trinajstić information content (AvgIpc) is 2.83. The van der Waals surface area contributed by atoms with Crippen LogP contribution in [0, 0.1) is 5.82 Å². The summed E-state index contributed by atoms with van der Waals surface area (Å²) in [5.41, 5.74) is 3.25. The minimum Gasteiger partial charge on any atom is -0.361 e. The van der Waals surface area contributed by atoms with Gasteiger partial charge in [-0.3, -0.25) is 4.90 Å². The summed E-state index contributed by atoms with van der Waals surface area (Å²) in [6.45, 7) is 0. The van der Waals surface area contributed by atoms with E-state index in [-0.39, 0.29) is 11.9 Å². The van der Waals surface area contributed by atoms with Gasteiger partial charge in [0.1, 0.15) is 5.82 Å². The summed E-state index contributed by atoms with van der Waals surface area (Å²) in [7, 11) is 4.07. The molecule has 0 spiro atoms. The van der Waals surface area contributed by atoms with Crippen LogP contribution < -0.4 is 0 Å². The Kier molecular flexibility index (Phi) is 3.28. The van der Waals surface area contributed by atoms with Gasteiger partial charge in [0.05, 0.1) is 6.04 Å². The third-order valence-electron chi connectivity index (χ3n) is 3.60. The van der Waals surface area contributed by atoms with Gasteiger partial charge in [0.15, 0.2) is 0 Å². The predicted octanol–water partition coefficient (Wildman–Crippen LogP) is 3.96. The van der Waals surface area contributed by atoms with Crippen molar-refractivity contribution in [3.63, 3.8) is 0 Å². The van der Waals surface area contributed by atoms with Gasteiger partial charge in [-0.25, -0.2) is 4.39 Å². The van der Waals surface area contributed by atoms with Crippen molar-refractivity contribution in [3.8, 4) is 0 Å². The van der Waals surface area contributed by atoms with Crippen molar-refractivity contribution in [3.05, 3.63) is 71.7 Å². The fourth-order valence-electron chi connectivity index (χ4n) is 2.73. The van der Waals surface area contributed by atoms with Crippen molar-refractivity contribution in [2.45, 2.75) is 6.04 Å². The molecule has 0 aliphatic heterocycles. The highest BCUT2D eigenvalue weighted by molar-refractivity contribution is 5.84. The average molecular weight is 268 g/mol. The molecule has 3 aromatic rings. The normalized spacial score (nSPS) is 13.0. The Balaban J connectivity index is 2.18. The van der Waals surface area contributed by atoms with E-state index in [1.165, 1.54) is 11.6 Å². The van der Waals surface area contributed by atoms with Crippen molar-refractivity contribution < 1.29 is 4.39 Å². The standard InChI is InChI=1S/C17H17FN2/c1-20(2)17(12-6-4-3-5-7-12)15-11-19-16-9-8-13(18)10-14(15)16/h3-11,17,19H,1-2H3. The van der Waals surface area contributed by atoms with Crippen LogP contribution in [0.3, 0.4) is 0 Å². The number of aromatic nitrogens is 1. The molecule has 0 saturated carbocycles. The van der Waals surface area contributed by atoms with Crippen molar-refractivity contribution >= 4 is 10.9 Å². The van der Waals surface area contributed by atoms with Crippen LogP contribution in [-0.2, 0) is 0 Å². The molecule has 20 heavy (non-hydrogen) atoms. The monoisotopic (exact) mass is 268 g/mol. The van der Waals surface area contributed by atoms with E-state index in [9.17, 15) is 4.39 Å². The Bertz CT molecular complexity index is 716. The molecule has 1 heterocycles. The number of benzene rings is 2. The Labute approximate surface area is 117 Å². The van der Waals surface area contributed by atoms with Crippen molar-refractivity contribution in [1.29, 1.82) is 0 Å². The third-order valence-corrected chi connectivity index (χ3v) is 3.60. The van der Waals surface area contributed by atoms with Crippen molar-refractivity contribution in [2.24, 2.45) is 0 Å². The number of H-pyrrole nitrogens is 1. The zero-order valence-electron chi connectivity index (χ0n) is 11.6. The third kappa shape index (κ3) is 2.21. The molecular formula is C17H17FN2. The number of nitrogens with one attached hydrogen (secondary N) is 1. The van der Waals surface area contributed by atoms with E-state index < -0.39 is 0 Å². The minimum absolute atomic E-state index is 0.103. The summed E-state index contributed by atoms with van der Waals surface area (Å²) in [5, 5.41) is 0.938. The maximum absolute atomic E-state index is 13.5. The first-order valence-electron chi connectivity index (χ1n) is 6.65. The molecule has 0 aliphatic carbocycles. The molecule has 2 nitrogen and oxygen atoms in total. The largest absolute Gasteiger partial charge is 0.361 e. The van der Waals surface area contributed by atoms with Crippen LogP contribution in [0.25, 0.3) is 10.9 Å². The zero-order chi connectivity index (χ0) is 14.1. The van der Waals surface area contributed by atoms with Crippen LogP contribution in [0.5, 0.6) is 0 Å². The topological polar surface area (TPSA) is 19.0 Å². The van der Waals surface area contributed by atoms with Crippen LogP contribution in [0.4, 0.5) is 4.39 Å². The van der Waals surface area contributed by atoms with E-state index >= 15 is 0 Å². The molecule has 1 aromatic heterocycles. The van der Waals surface area contributed by atoms with Gasteiger partial charge in [-0.2, -0.15) is 0 Å². The first-order valence-corrected chi connectivity index (χ1v) is 6.65. The highest BCUT2D eigenvalue weighted by Crippen LogP contribution is 2.32. The molecule has 0 bridgehead atoms. The summed E-state index contributed by atoms with van der Waals surface area (Å²) in [5.74, 6) is -0.205. The van der Waals surface area contributed by atoms with Gasteiger partial charge < -0.3 is 4.98 Å². The summed E-state index contributed by atoms with van der Waals surface area (Å²) in [4.78, 5) is 5.37. The van der Waals surface area contributed by atoms with Crippen LogP contribution in [0.1, 0.15) is 17.2 Å². The Morgan fingerprint density at radius 2 is 1.80 bits per heavy atom. The van der Waals surface area contributed by atoms with Gasteiger partial charge in [-0.15, -0.1) is 0 Å². The maximum atomic E-state index is 13.5. The number of hydrogen-bond donors (Lipinski definition) is 1. The van der Waals surface area contributed by atoms with Gasteiger partial charge in [0, 0.05) is 17.1 Å². The first-order chi connectivity index (χ1) is 9.66. The highest BCUT2D eigenvalue weighted by Gasteiger charge is 2.20. The number of halogens is 1. The Morgan fingerprint density at radius 3 is 2.50 bits per heavy atom. The zero-order valence-corrected chi connectivity index (χ0v) is 11.6. The van der Waals surface area contributed by atoms with Crippen molar-refractivity contribution in [2.75, 3.05) is 14.1 Å². The molecule has 0 amide bonds. The van der Waals surface area contributed by atoms with Crippen LogP contribution >= 0.6 is 0 Å². The van der Waals surface area contributed by atoms with Gasteiger partial charge in [-0.05, 0) is 43.4 Å².